The van der Waals surface area contributed by atoms with Gasteiger partial charge in [0.05, 0.1) is 11.8 Å². The fourth-order valence-electron chi connectivity index (χ4n) is 3.60. The first kappa shape index (κ1) is 26.1. The summed E-state index contributed by atoms with van der Waals surface area (Å²) in [6.45, 7) is 9.12. The first-order valence-electron chi connectivity index (χ1n) is 11.2. The highest BCUT2D eigenvalue weighted by Crippen LogP contribution is 2.28. The lowest BCUT2D eigenvalue weighted by Crippen LogP contribution is -2.51. The number of rotatable bonds is 9. The van der Waals surface area contributed by atoms with Gasteiger partial charge < -0.3 is 9.64 Å². The van der Waals surface area contributed by atoms with Crippen LogP contribution in [0.1, 0.15) is 53.0 Å². The molecule has 0 aliphatic carbocycles. The number of carbonyl (C=O) groups is 4. The van der Waals surface area contributed by atoms with E-state index in [2.05, 4.69) is 5.43 Å². The standard InChI is InChI=1S/C25H35N3O5/c1-17(2)15-20(22(30)26-28-21(29)16-27(6)24(28)32)19(23(31)33-25(3,4)5)14-10-13-18-11-8-7-9-12-18/h7-13,17,19-20H,14-16H2,1-6H3,(H,26,30)/b13-10-/t19-,20?/m1/s1. The number of urea groups is 1. The van der Waals surface area contributed by atoms with Crippen molar-refractivity contribution in [1.29, 1.82) is 0 Å². The molecule has 1 saturated heterocycles. The zero-order valence-electron chi connectivity index (χ0n) is 20.3. The molecule has 2 atom stereocenters. The Morgan fingerprint density at radius 3 is 2.27 bits per heavy atom. The van der Waals surface area contributed by atoms with Gasteiger partial charge in [-0.25, -0.2) is 4.79 Å². The van der Waals surface area contributed by atoms with E-state index in [-0.39, 0.29) is 18.9 Å². The van der Waals surface area contributed by atoms with Gasteiger partial charge in [-0.05, 0) is 45.1 Å². The molecule has 1 aromatic carbocycles. The number of esters is 1. The molecule has 1 N–H and O–H groups in total. The van der Waals surface area contributed by atoms with Crippen LogP contribution in [-0.2, 0) is 19.1 Å². The molecular formula is C25H35N3O5. The Labute approximate surface area is 195 Å². The van der Waals surface area contributed by atoms with Crippen LogP contribution in [0, 0.1) is 17.8 Å². The molecule has 1 aliphatic rings. The highest BCUT2D eigenvalue weighted by atomic mass is 16.6. The van der Waals surface area contributed by atoms with E-state index in [1.807, 2.05) is 56.3 Å². The second-order valence-electron chi connectivity index (χ2n) is 9.77. The fraction of sp³-hybridized carbons (Fsp3) is 0.520. The normalized spacial score (nSPS) is 16.5. The number of hydrogen-bond donors (Lipinski definition) is 1. The zero-order chi connectivity index (χ0) is 24.8. The van der Waals surface area contributed by atoms with Crippen molar-refractivity contribution in [2.45, 2.75) is 53.1 Å². The molecule has 8 nitrogen and oxygen atoms in total. The molecule has 1 fully saturated rings. The number of hydrazine groups is 1. The number of nitrogens with one attached hydrogen (secondary N) is 1. The monoisotopic (exact) mass is 457 g/mol. The van der Waals surface area contributed by atoms with E-state index in [1.165, 1.54) is 11.9 Å². The Balaban J connectivity index is 2.30. The number of benzene rings is 1. The van der Waals surface area contributed by atoms with E-state index in [0.717, 1.165) is 10.6 Å². The Morgan fingerprint density at radius 1 is 1.12 bits per heavy atom. The molecule has 0 saturated carbocycles. The minimum atomic E-state index is -0.785. The van der Waals surface area contributed by atoms with Crippen molar-refractivity contribution >= 4 is 29.9 Å². The summed E-state index contributed by atoms with van der Waals surface area (Å²) >= 11 is 0. The molecular weight excluding hydrogens is 422 g/mol. The Bertz CT molecular complexity index is 889. The molecule has 0 spiro atoms. The summed E-state index contributed by atoms with van der Waals surface area (Å²) in [6, 6.07) is 9.04. The maximum atomic E-state index is 13.3. The van der Waals surface area contributed by atoms with Crippen LogP contribution < -0.4 is 5.43 Å². The number of ether oxygens (including phenoxy) is 1. The fourth-order valence-corrected chi connectivity index (χ4v) is 3.60. The van der Waals surface area contributed by atoms with Crippen LogP contribution in [0.5, 0.6) is 0 Å². The Kier molecular flexibility index (Phi) is 8.79. The Hall–Kier alpha value is -3.16. The van der Waals surface area contributed by atoms with Crippen molar-refractivity contribution in [1.82, 2.24) is 15.3 Å². The van der Waals surface area contributed by atoms with E-state index in [9.17, 15) is 19.2 Å². The molecule has 180 valence electrons. The van der Waals surface area contributed by atoms with Crippen molar-refractivity contribution in [2.75, 3.05) is 13.6 Å². The number of amides is 4. The maximum Gasteiger partial charge on any atom is 0.346 e. The van der Waals surface area contributed by atoms with E-state index in [1.54, 1.807) is 20.8 Å². The van der Waals surface area contributed by atoms with Gasteiger partial charge in [-0.2, -0.15) is 5.01 Å². The van der Waals surface area contributed by atoms with Gasteiger partial charge in [0, 0.05) is 7.05 Å². The van der Waals surface area contributed by atoms with Crippen LogP contribution in [0.4, 0.5) is 4.79 Å². The molecule has 1 aliphatic heterocycles. The number of allylic oxidation sites excluding steroid dienone is 1. The topological polar surface area (TPSA) is 96.0 Å². The summed E-state index contributed by atoms with van der Waals surface area (Å²) < 4.78 is 5.64. The SMILES string of the molecule is CC(C)CC(C(=O)NN1C(=O)CN(C)C1=O)[C@@H](C/C=C\c1ccccc1)C(=O)OC(C)(C)C. The van der Waals surface area contributed by atoms with E-state index >= 15 is 0 Å². The first-order chi connectivity index (χ1) is 15.4. The quantitative estimate of drug-likeness (QED) is 0.451. The van der Waals surface area contributed by atoms with E-state index in [4.69, 9.17) is 4.74 Å². The minimum Gasteiger partial charge on any atom is -0.460 e. The third-order valence-electron chi connectivity index (χ3n) is 5.12. The summed E-state index contributed by atoms with van der Waals surface area (Å²) in [4.78, 5) is 52.0. The molecule has 2 rings (SSSR count). The van der Waals surface area contributed by atoms with Gasteiger partial charge in [-0.3, -0.25) is 19.8 Å². The number of imide groups is 1. The molecule has 0 radical (unpaired) electrons. The summed E-state index contributed by atoms with van der Waals surface area (Å²) in [7, 11) is 1.48. The van der Waals surface area contributed by atoms with Gasteiger partial charge >= 0.3 is 12.0 Å². The van der Waals surface area contributed by atoms with Gasteiger partial charge in [0.2, 0.25) is 5.91 Å². The molecule has 0 bridgehead atoms. The molecule has 1 aromatic rings. The molecule has 1 unspecified atom stereocenters. The van der Waals surface area contributed by atoms with Gasteiger partial charge in [-0.15, -0.1) is 0 Å². The lowest BCUT2D eigenvalue weighted by molar-refractivity contribution is -0.164. The van der Waals surface area contributed by atoms with Crippen LogP contribution in [0.3, 0.4) is 0 Å². The molecule has 8 heteroatoms. The average Bonchev–Trinajstić information content (AvgIpc) is 2.95. The van der Waals surface area contributed by atoms with Gasteiger partial charge in [-0.1, -0.05) is 56.3 Å². The smallest absolute Gasteiger partial charge is 0.346 e. The minimum absolute atomic E-state index is 0.0939. The van der Waals surface area contributed by atoms with Crippen molar-refractivity contribution < 1.29 is 23.9 Å². The van der Waals surface area contributed by atoms with Crippen molar-refractivity contribution in [2.24, 2.45) is 17.8 Å². The number of likely N-dealkylation sites (N-methyl/N-ethyl adjacent to an activating group) is 1. The summed E-state index contributed by atoms with van der Waals surface area (Å²) in [6.07, 6.45) is 4.41. The largest absolute Gasteiger partial charge is 0.460 e. The highest BCUT2D eigenvalue weighted by Gasteiger charge is 2.40. The Morgan fingerprint density at radius 2 is 1.76 bits per heavy atom. The van der Waals surface area contributed by atoms with Gasteiger partial charge in [0.1, 0.15) is 12.1 Å². The predicted molar refractivity (Wildman–Crippen MR) is 125 cm³/mol. The molecule has 0 aromatic heterocycles. The third-order valence-corrected chi connectivity index (χ3v) is 5.12. The lowest BCUT2D eigenvalue weighted by atomic mass is 9.82. The van der Waals surface area contributed by atoms with Crippen LogP contribution in [0.15, 0.2) is 36.4 Å². The summed E-state index contributed by atoms with van der Waals surface area (Å²) in [5, 5.41) is 0.724. The summed E-state index contributed by atoms with van der Waals surface area (Å²) in [5.74, 6) is -3.03. The number of nitrogens with zero attached hydrogens (tertiary/aromatic N) is 2. The average molecular weight is 458 g/mol. The van der Waals surface area contributed by atoms with Gasteiger partial charge in [0.15, 0.2) is 0 Å². The molecule has 4 amide bonds. The van der Waals surface area contributed by atoms with E-state index < -0.39 is 41.3 Å². The van der Waals surface area contributed by atoms with Crippen LogP contribution in [0.2, 0.25) is 0 Å². The zero-order valence-corrected chi connectivity index (χ0v) is 20.3. The van der Waals surface area contributed by atoms with Crippen LogP contribution in [-0.4, -0.2) is 52.9 Å². The third kappa shape index (κ3) is 7.73. The summed E-state index contributed by atoms with van der Waals surface area (Å²) in [5.41, 5.74) is 2.69. The number of hydrogen-bond acceptors (Lipinski definition) is 5. The second kappa shape index (κ2) is 11.1. The maximum absolute atomic E-state index is 13.3. The van der Waals surface area contributed by atoms with Crippen molar-refractivity contribution in [3.63, 3.8) is 0 Å². The lowest BCUT2D eigenvalue weighted by Gasteiger charge is -2.30. The molecule has 1 heterocycles. The second-order valence-corrected chi connectivity index (χ2v) is 9.77. The van der Waals surface area contributed by atoms with Crippen molar-refractivity contribution in [3.8, 4) is 0 Å². The van der Waals surface area contributed by atoms with Crippen LogP contribution >= 0.6 is 0 Å². The molecule has 33 heavy (non-hydrogen) atoms. The number of carbonyl (C=O) groups excluding carboxylic acids is 4. The first-order valence-corrected chi connectivity index (χ1v) is 11.2. The highest BCUT2D eigenvalue weighted by molar-refractivity contribution is 6.03. The van der Waals surface area contributed by atoms with E-state index in [0.29, 0.717) is 6.42 Å². The van der Waals surface area contributed by atoms with Crippen LogP contribution in [0.25, 0.3) is 6.08 Å². The van der Waals surface area contributed by atoms with Crippen molar-refractivity contribution in [3.05, 3.63) is 42.0 Å². The predicted octanol–water partition coefficient (Wildman–Crippen LogP) is 3.64. The van der Waals surface area contributed by atoms with Gasteiger partial charge in [0.25, 0.3) is 5.91 Å².